The Bertz CT molecular complexity index is 685. The highest BCUT2D eigenvalue weighted by Gasteiger charge is 2.11. The Hall–Kier alpha value is -2.66. The average Bonchev–Trinajstić information content (AvgIpc) is 2.59. The van der Waals surface area contributed by atoms with E-state index >= 15 is 0 Å². The van der Waals surface area contributed by atoms with Gasteiger partial charge in [0, 0.05) is 13.6 Å². The third-order valence-electron chi connectivity index (χ3n) is 3.64. The van der Waals surface area contributed by atoms with Crippen LogP contribution in [0.1, 0.15) is 21.5 Å². The second-order valence-electron chi connectivity index (χ2n) is 5.54. The van der Waals surface area contributed by atoms with Crippen LogP contribution in [-0.4, -0.2) is 42.1 Å². The molecule has 0 saturated heterocycles. The van der Waals surface area contributed by atoms with Gasteiger partial charge in [-0.25, -0.2) is 4.79 Å². The molecule has 0 saturated carbocycles. The van der Waals surface area contributed by atoms with Crippen molar-refractivity contribution in [1.82, 2.24) is 4.90 Å². The summed E-state index contributed by atoms with van der Waals surface area (Å²) in [5, 5.41) is 8.98. The number of benzene rings is 2. The number of carboxylic acid groups (broad SMARTS) is 1. The zero-order valence-electron chi connectivity index (χ0n) is 13.6. The predicted octanol–water partition coefficient (Wildman–Crippen LogP) is 2.60. The molecule has 0 heterocycles. The van der Waals surface area contributed by atoms with E-state index in [9.17, 15) is 9.59 Å². The SMILES string of the molecule is CN(CCOCc1ccccc1)C(=O)Cc1cccc(C(=O)O)c1. The van der Waals surface area contributed by atoms with Gasteiger partial charge in [-0.15, -0.1) is 0 Å². The zero-order valence-corrected chi connectivity index (χ0v) is 13.6. The molecule has 2 rings (SSSR count). The molecule has 5 nitrogen and oxygen atoms in total. The molecule has 126 valence electrons. The lowest BCUT2D eigenvalue weighted by Crippen LogP contribution is -2.31. The van der Waals surface area contributed by atoms with Gasteiger partial charge in [-0.2, -0.15) is 0 Å². The van der Waals surface area contributed by atoms with E-state index in [1.165, 1.54) is 12.1 Å². The summed E-state index contributed by atoms with van der Waals surface area (Å²) in [6.45, 7) is 1.46. The van der Waals surface area contributed by atoms with E-state index in [-0.39, 0.29) is 17.9 Å². The first-order valence-electron chi connectivity index (χ1n) is 7.74. The van der Waals surface area contributed by atoms with Crippen LogP contribution in [0.5, 0.6) is 0 Å². The molecule has 0 unspecified atom stereocenters. The molecule has 0 bridgehead atoms. The molecular weight excluding hydrogens is 306 g/mol. The maximum atomic E-state index is 12.2. The molecule has 0 atom stereocenters. The molecule has 0 fully saturated rings. The fraction of sp³-hybridized carbons (Fsp3) is 0.263. The smallest absolute Gasteiger partial charge is 0.335 e. The lowest BCUT2D eigenvalue weighted by atomic mass is 10.1. The second kappa shape index (κ2) is 8.84. The van der Waals surface area contributed by atoms with Crippen molar-refractivity contribution in [1.29, 1.82) is 0 Å². The van der Waals surface area contributed by atoms with Crippen molar-refractivity contribution >= 4 is 11.9 Å². The van der Waals surface area contributed by atoms with Gasteiger partial charge in [0.1, 0.15) is 0 Å². The van der Waals surface area contributed by atoms with Crippen molar-refractivity contribution in [3.63, 3.8) is 0 Å². The molecule has 0 aliphatic carbocycles. The van der Waals surface area contributed by atoms with E-state index in [1.54, 1.807) is 24.1 Å². The van der Waals surface area contributed by atoms with Crippen molar-refractivity contribution in [2.24, 2.45) is 0 Å². The molecule has 0 aromatic heterocycles. The van der Waals surface area contributed by atoms with Crippen LogP contribution in [0, 0.1) is 0 Å². The van der Waals surface area contributed by atoms with E-state index in [1.807, 2.05) is 30.3 Å². The number of hydrogen-bond donors (Lipinski definition) is 1. The zero-order chi connectivity index (χ0) is 17.4. The lowest BCUT2D eigenvalue weighted by Gasteiger charge is -2.17. The van der Waals surface area contributed by atoms with Gasteiger partial charge in [0.15, 0.2) is 0 Å². The molecule has 5 heteroatoms. The summed E-state index contributed by atoms with van der Waals surface area (Å²) in [5.74, 6) is -1.06. The molecule has 24 heavy (non-hydrogen) atoms. The van der Waals surface area contributed by atoms with Gasteiger partial charge in [0.25, 0.3) is 0 Å². The Morgan fingerprint density at radius 1 is 1.04 bits per heavy atom. The molecule has 1 amide bonds. The first-order valence-corrected chi connectivity index (χ1v) is 7.74. The highest BCUT2D eigenvalue weighted by atomic mass is 16.5. The number of carbonyl (C=O) groups excluding carboxylic acids is 1. The number of carbonyl (C=O) groups is 2. The van der Waals surface area contributed by atoms with Gasteiger partial charge in [0.2, 0.25) is 5.91 Å². The maximum absolute atomic E-state index is 12.2. The van der Waals surface area contributed by atoms with Crippen LogP contribution < -0.4 is 0 Å². The van der Waals surface area contributed by atoms with Crippen LogP contribution in [0.2, 0.25) is 0 Å². The number of aromatic carboxylic acids is 1. The monoisotopic (exact) mass is 327 g/mol. The Morgan fingerprint density at radius 2 is 1.75 bits per heavy atom. The van der Waals surface area contributed by atoms with Crippen LogP contribution >= 0.6 is 0 Å². The second-order valence-corrected chi connectivity index (χ2v) is 5.54. The van der Waals surface area contributed by atoms with E-state index in [0.29, 0.717) is 25.3 Å². The molecule has 2 aromatic rings. The minimum Gasteiger partial charge on any atom is -0.478 e. The summed E-state index contributed by atoms with van der Waals surface area (Å²) in [4.78, 5) is 24.7. The van der Waals surface area contributed by atoms with Crippen molar-refractivity contribution in [2.75, 3.05) is 20.2 Å². The molecule has 0 radical (unpaired) electrons. The Balaban J connectivity index is 1.76. The Labute approximate surface area is 141 Å². The van der Waals surface area contributed by atoms with E-state index in [2.05, 4.69) is 0 Å². The van der Waals surface area contributed by atoms with Gasteiger partial charge in [0.05, 0.1) is 25.2 Å². The number of carboxylic acids is 1. The van der Waals surface area contributed by atoms with Gasteiger partial charge in [-0.05, 0) is 23.3 Å². The topological polar surface area (TPSA) is 66.8 Å². The van der Waals surface area contributed by atoms with Crippen molar-refractivity contribution in [2.45, 2.75) is 13.0 Å². The van der Waals surface area contributed by atoms with Crippen LogP contribution in [0.4, 0.5) is 0 Å². The van der Waals surface area contributed by atoms with Crippen LogP contribution in [0.25, 0.3) is 0 Å². The maximum Gasteiger partial charge on any atom is 0.335 e. The normalized spacial score (nSPS) is 10.4. The highest BCUT2D eigenvalue weighted by Crippen LogP contribution is 2.07. The summed E-state index contributed by atoms with van der Waals surface area (Å²) in [5.41, 5.74) is 1.98. The largest absolute Gasteiger partial charge is 0.478 e. The summed E-state index contributed by atoms with van der Waals surface area (Å²) in [6, 6.07) is 16.3. The van der Waals surface area contributed by atoms with Crippen molar-refractivity contribution < 1.29 is 19.4 Å². The van der Waals surface area contributed by atoms with E-state index in [0.717, 1.165) is 5.56 Å². The molecular formula is C19H21NO4. The third-order valence-corrected chi connectivity index (χ3v) is 3.64. The first kappa shape index (κ1) is 17.7. The summed E-state index contributed by atoms with van der Waals surface area (Å²) in [7, 11) is 1.72. The molecule has 2 aromatic carbocycles. The fourth-order valence-electron chi connectivity index (χ4n) is 2.21. The first-order chi connectivity index (χ1) is 11.6. The summed E-state index contributed by atoms with van der Waals surface area (Å²) >= 11 is 0. The number of amides is 1. The summed E-state index contributed by atoms with van der Waals surface area (Å²) in [6.07, 6.45) is 0.177. The Kier molecular flexibility index (Phi) is 6.51. The minimum absolute atomic E-state index is 0.0687. The van der Waals surface area contributed by atoms with Gasteiger partial charge in [-0.1, -0.05) is 42.5 Å². The van der Waals surface area contributed by atoms with Gasteiger partial charge < -0.3 is 14.7 Å². The van der Waals surface area contributed by atoms with Crippen molar-refractivity contribution in [3.8, 4) is 0 Å². The number of rotatable bonds is 8. The third kappa shape index (κ3) is 5.52. The van der Waals surface area contributed by atoms with Crippen LogP contribution in [-0.2, 0) is 22.6 Å². The van der Waals surface area contributed by atoms with Gasteiger partial charge in [-0.3, -0.25) is 4.79 Å². The fourth-order valence-corrected chi connectivity index (χ4v) is 2.21. The average molecular weight is 327 g/mol. The van der Waals surface area contributed by atoms with Crippen LogP contribution in [0.15, 0.2) is 54.6 Å². The predicted molar refractivity (Wildman–Crippen MR) is 90.8 cm³/mol. The molecule has 0 spiro atoms. The van der Waals surface area contributed by atoms with E-state index < -0.39 is 5.97 Å². The molecule has 1 N–H and O–H groups in total. The van der Waals surface area contributed by atoms with Gasteiger partial charge >= 0.3 is 5.97 Å². The van der Waals surface area contributed by atoms with Crippen molar-refractivity contribution in [3.05, 3.63) is 71.3 Å². The molecule has 0 aliphatic heterocycles. The Morgan fingerprint density at radius 3 is 2.46 bits per heavy atom. The lowest BCUT2D eigenvalue weighted by molar-refractivity contribution is -0.129. The number of ether oxygens (including phenoxy) is 1. The standard InChI is InChI=1S/C19H21NO4/c1-20(10-11-24-14-15-6-3-2-4-7-15)18(21)13-16-8-5-9-17(12-16)19(22)23/h2-9,12H,10-11,13-14H2,1H3,(H,22,23). The van der Waals surface area contributed by atoms with E-state index in [4.69, 9.17) is 9.84 Å². The number of likely N-dealkylation sites (N-methyl/N-ethyl adjacent to an activating group) is 1. The summed E-state index contributed by atoms with van der Waals surface area (Å²) < 4.78 is 5.57. The molecule has 0 aliphatic rings. The highest BCUT2D eigenvalue weighted by molar-refractivity contribution is 5.88. The van der Waals surface area contributed by atoms with Crippen LogP contribution in [0.3, 0.4) is 0 Å². The number of nitrogens with zero attached hydrogens (tertiary/aromatic N) is 1. The minimum atomic E-state index is -0.994. The number of hydrogen-bond acceptors (Lipinski definition) is 3. The quantitative estimate of drug-likeness (QED) is 0.757.